The summed E-state index contributed by atoms with van der Waals surface area (Å²) in [5.74, 6) is 1.18. The summed E-state index contributed by atoms with van der Waals surface area (Å²) in [6.07, 6.45) is 0. The molecule has 0 N–H and O–H groups in total. The molecule has 0 radical (unpaired) electrons. The zero-order valence-electron chi connectivity index (χ0n) is 19.8. The second kappa shape index (κ2) is 9.44. The Kier molecular flexibility index (Phi) is 5.98. The Hall–Kier alpha value is -3.63. The van der Waals surface area contributed by atoms with Crippen LogP contribution in [0.4, 0.5) is 9.52 Å². The van der Waals surface area contributed by atoms with Crippen molar-refractivity contribution in [3.8, 4) is 22.6 Å². The molecule has 1 saturated heterocycles. The Morgan fingerprint density at radius 3 is 2.39 bits per heavy atom. The van der Waals surface area contributed by atoms with Gasteiger partial charge in [-0.1, -0.05) is 24.3 Å². The Morgan fingerprint density at radius 1 is 0.972 bits per heavy atom. The lowest BCUT2D eigenvalue weighted by molar-refractivity contribution is 0.0638. The van der Waals surface area contributed by atoms with Crippen molar-refractivity contribution < 1.29 is 13.9 Å². The van der Waals surface area contributed by atoms with Crippen molar-refractivity contribution in [2.24, 2.45) is 0 Å². The largest absolute Gasteiger partial charge is 0.378 e. The smallest absolute Gasteiger partial charge is 0.254 e. The van der Waals surface area contributed by atoms with E-state index in [0.29, 0.717) is 31.9 Å². The van der Waals surface area contributed by atoms with Gasteiger partial charge in [0, 0.05) is 37.1 Å². The lowest BCUT2D eigenvalue weighted by Crippen LogP contribution is -2.41. The number of hydrogen-bond donors (Lipinski definition) is 0. The third-order valence-corrected chi connectivity index (χ3v) is 7.66. The molecule has 2 aromatic heterocycles. The molecule has 1 fully saturated rings. The van der Waals surface area contributed by atoms with Gasteiger partial charge in [0.05, 0.1) is 19.3 Å². The molecule has 2 aliphatic rings. The molecule has 2 aromatic carbocycles. The zero-order valence-corrected chi connectivity index (χ0v) is 20.6. The third kappa shape index (κ3) is 4.16. The number of aromatic nitrogens is 4. The van der Waals surface area contributed by atoms with Crippen molar-refractivity contribution >= 4 is 22.4 Å². The number of fused-ring (bicyclic) bond motifs is 1. The fourth-order valence-electron chi connectivity index (χ4n) is 4.73. The summed E-state index contributed by atoms with van der Waals surface area (Å²) in [6, 6.07) is 13.5. The van der Waals surface area contributed by atoms with Crippen molar-refractivity contribution in [1.29, 1.82) is 0 Å². The number of carbonyl (C=O) groups excluding carboxylic acids is 1. The zero-order chi connectivity index (χ0) is 24.6. The van der Waals surface area contributed by atoms with Crippen LogP contribution < -0.4 is 4.90 Å². The molecule has 0 spiro atoms. The number of rotatable bonds is 4. The quantitative estimate of drug-likeness (QED) is 0.413. The van der Waals surface area contributed by atoms with E-state index in [-0.39, 0.29) is 17.8 Å². The lowest BCUT2D eigenvalue weighted by atomic mass is 10.0. The summed E-state index contributed by atoms with van der Waals surface area (Å²) in [5, 5.41) is 11.9. The first kappa shape index (κ1) is 22.8. The number of amides is 1. The molecule has 0 unspecified atom stereocenters. The van der Waals surface area contributed by atoms with Crippen LogP contribution in [0.5, 0.6) is 0 Å². The van der Waals surface area contributed by atoms with Gasteiger partial charge in [0.1, 0.15) is 11.5 Å². The van der Waals surface area contributed by atoms with Crippen LogP contribution in [0.3, 0.4) is 0 Å². The summed E-state index contributed by atoms with van der Waals surface area (Å²) in [5.41, 5.74) is 3.25. The number of carbonyl (C=O) groups is 1. The minimum Gasteiger partial charge on any atom is -0.378 e. The number of halogens is 1. The SMILES string of the molecule is C[C@@H]1c2nnc(-c3csc(N4CCOCC4)n3)n2CCN1C(=O)c1ccc(-c2ccc(F)cc2)cc1. The number of morpholine rings is 1. The van der Waals surface area contributed by atoms with Crippen LogP contribution in [-0.4, -0.2) is 63.4 Å². The van der Waals surface area contributed by atoms with E-state index in [9.17, 15) is 9.18 Å². The van der Waals surface area contributed by atoms with Gasteiger partial charge in [-0.15, -0.1) is 21.5 Å². The van der Waals surface area contributed by atoms with Crippen LogP contribution in [0.25, 0.3) is 22.6 Å². The van der Waals surface area contributed by atoms with E-state index in [2.05, 4.69) is 19.7 Å². The average molecular weight is 505 g/mol. The summed E-state index contributed by atoms with van der Waals surface area (Å²) in [6.45, 7) is 6.24. The van der Waals surface area contributed by atoms with Crippen molar-refractivity contribution in [3.63, 3.8) is 0 Å². The van der Waals surface area contributed by atoms with Crippen LogP contribution in [0, 0.1) is 5.82 Å². The maximum atomic E-state index is 13.4. The normalized spacial score (nSPS) is 17.8. The molecule has 184 valence electrons. The predicted octanol–water partition coefficient (Wildman–Crippen LogP) is 4.26. The molecule has 36 heavy (non-hydrogen) atoms. The predicted molar refractivity (Wildman–Crippen MR) is 135 cm³/mol. The molecule has 0 saturated carbocycles. The fourth-order valence-corrected chi connectivity index (χ4v) is 5.59. The molecule has 1 amide bonds. The standard InChI is InChI=1S/C26H25FN6O2S/c1-17-23-29-30-24(22-16-36-26(28-22)31-12-14-35-15-13-31)33(23)11-10-32(17)25(34)20-4-2-18(3-5-20)19-6-8-21(27)9-7-19/h2-9,16-17H,10-15H2,1H3/t17-/m1/s1. The minimum absolute atomic E-state index is 0.0489. The van der Waals surface area contributed by atoms with E-state index in [1.54, 1.807) is 23.5 Å². The number of benzene rings is 2. The Morgan fingerprint density at radius 2 is 1.67 bits per heavy atom. The molecule has 6 rings (SSSR count). The highest BCUT2D eigenvalue weighted by Crippen LogP contribution is 2.32. The molecule has 8 nitrogen and oxygen atoms in total. The van der Waals surface area contributed by atoms with Gasteiger partial charge in [0.2, 0.25) is 0 Å². The lowest BCUT2D eigenvalue weighted by Gasteiger charge is -2.33. The van der Waals surface area contributed by atoms with Crippen LogP contribution >= 0.6 is 11.3 Å². The summed E-state index contributed by atoms with van der Waals surface area (Å²) < 4.78 is 20.7. The number of ether oxygens (including phenoxy) is 1. The first-order valence-corrected chi connectivity index (χ1v) is 12.8. The van der Waals surface area contributed by atoms with Gasteiger partial charge < -0.3 is 19.1 Å². The first-order chi connectivity index (χ1) is 17.6. The van der Waals surface area contributed by atoms with E-state index in [1.165, 1.54) is 12.1 Å². The number of hydrogen-bond acceptors (Lipinski definition) is 7. The summed E-state index contributed by atoms with van der Waals surface area (Å²) in [4.78, 5) is 22.2. The molecule has 0 bridgehead atoms. The van der Waals surface area contributed by atoms with Crippen molar-refractivity contribution in [3.05, 3.63) is 71.1 Å². The molecule has 4 heterocycles. The van der Waals surface area contributed by atoms with E-state index in [0.717, 1.165) is 46.7 Å². The Bertz CT molecular complexity index is 1380. The average Bonchev–Trinajstić information content (AvgIpc) is 3.58. The maximum Gasteiger partial charge on any atom is 0.254 e. The highest BCUT2D eigenvalue weighted by atomic mass is 32.1. The van der Waals surface area contributed by atoms with Gasteiger partial charge in [0.25, 0.3) is 5.91 Å². The van der Waals surface area contributed by atoms with Crippen molar-refractivity contribution in [2.45, 2.75) is 19.5 Å². The van der Waals surface area contributed by atoms with E-state index in [1.807, 2.05) is 41.5 Å². The highest BCUT2D eigenvalue weighted by molar-refractivity contribution is 7.14. The number of thiazole rings is 1. The molecular weight excluding hydrogens is 479 g/mol. The van der Waals surface area contributed by atoms with Gasteiger partial charge in [-0.2, -0.15) is 0 Å². The van der Waals surface area contributed by atoms with Crippen LogP contribution in [-0.2, 0) is 11.3 Å². The monoisotopic (exact) mass is 504 g/mol. The van der Waals surface area contributed by atoms with Crippen molar-refractivity contribution in [2.75, 3.05) is 37.7 Å². The molecular formula is C26H25FN6O2S. The molecule has 1 atom stereocenters. The van der Waals surface area contributed by atoms with Crippen molar-refractivity contribution in [1.82, 2.24) is 24.6 Å². The van der Waals surface area contributed by atoms with Crippen LogP contribution in [0.15, 0.2) is 53.9 Å². The van der Waals surface area contributed by atoms with Gasteiger partial charge in [-0.05, 0) is 42.3 Å². The van der Waals surface area contributed by atoms with Gasteiger partial charge >= 0.3 is 0 Å². The minimum atomic E-state index is -0.270. The Balaban J connectivity index is 1.19. The van der Waals surface area contributed by atoms with Crippen LogP contribution in [0.1, 0.15) is 29.1 Å². The molecule has 4 aromatic rings. The maximum absolute atomic E-state index is 13.4. The Labute approximate surface area is 212 Å². The van der Waals surface area contributed by atoms with E-state index < -0.39 is 0 Å². The van der Waals surface area contributed by atoms with E-state index >= 15 is 0 Å². The fraction of sp³-hybridized carbons (Fsp3) is 0.308. The van der Waals surface area contributed by atoms with Gasteiger partial charge in [-0.3, -0.25) is 4.79 Å². The first-order valence-electron chi connectivity index (χ1n) is 12.0. The molecule has 0 aliphatic carbocycles. The summed E-state index contributed by atoms with van der Waals surface area (Å²) in [7, 11) is 0. The summed E-state index contributed by atoms with van der Waals surface area (Å²) >= 11 is 1.60. The second-order valence-electron chi connectivity index (χ2n) is 8.91. The van der Waals surface area contributed by atoms with E-state index in [4.69, 9.17) is 9.72 Å². The third-order valence-electron chi connectivity index (χ3n) is 6.76. The van der Waals surface area contributed by atoms with Crippen LogP contribution in [0.2, 0.25) is 0 Å². The highest BCUT2D eigenvalue weighted by Gasteiger charge is 2.32. The molecule has 2 aliphatic heterocycles. The van der Waals surface area contributed by atoms with Gasteiger partial charge in [-0.25, -0.2) is 9.37 Å². The molecule has 10 heteroatoms. The number of anilines is 1. The second-order valence-corrected chi connectivity index (χ2v) is 9.74. The topological polar surface area (TPSA) is 76.4 Å². The number of nitrogens with zero attached hydrogens (tertiary/aromatic N) is 6. The van der Waals surface area contributed by atoms with Gasteiger partial charge in [0.15, 0.2) is 16.8 Å².